The van der Waals surface area contributed by atoms with Gasteiger partial charge in [0.2, 0.25) is 11.8 Å². The van der Waals surface area contributed by atoms with Crippen molar-refractivity contribution < 1.29 is 76.2 Å². The van der Waals surface area contributed by atoms with E-state index < -0.39 is 27.8 Å². The van der Waals surface area contributed by atoms with E-state index in [0.717, 1.165) is 69.6 Å². The maximum Gasteiger partial charge on any atom is 0.410 e. The summed E-state index contributed by atoms with van der Waals surface area (Å²) in [4.78, 5) is 78.3. The van der Waals surface area contributed by atoms with Crippen LogP contribution in [0, 0.1) is 0 Å². The van der Waals surface area contributed by atoms with Crippen LogP contribution in [0.3, 0.4) is 0 Å². The molecule has 3 fully saturated rings. The van der Waals surface area contributed by atoms with Crippen molar-refractivity contribution in [1.29, 1.82) is 0 Å². The zero-order chi connectivity index (χ0) is 75.6. The summed E-state index contributed by atoms with van der Waals surface area (Å²) in [6.07, 6.45) is 4.08. The SMILES string of the molecule is C.C.C.C.C.C.C.C.C.CCC(=O)OCC1=C(c2ccc(OCO)cc2)CC2CN(C(C)=O)CC1N2C.CCC(=O)OCC1=C(c2ccc(OCO[Si](C)(C)C(C)(C)C)cc2)CC2CN(C(=O)OC(C)(C)C)CC1N2C.CN1C2CC(c3ccc(OCO[Si](C)(C)C(C)(C)C)nc3)=C(CO)C1CN(C(=O)OC(C)(C)C)C2. The predicted octanol–water partition coefficient (Wildman–Crippen LogP) is 18.0. The van der Waals surface area contributed by atoms with E-state index in [0.29, 0.717) is 63.7 Å². The first-order valence-electron chi connectivity index (χ1n) is 36.0. The van der Waals surface area contributed by atoms with E-state index in [1.54, 1.807) is 36.8 Å². The minimum Gasteiger partial charge on any atom is -0.469 e. The molecule has 6 aliphatic heterocycles. The summed E-state index contributed by atoms with van der Waals surface area (Å²) >= 11 is 0. The van der Waals surface area contributed by atoms with Gasteiger partial charge in [0.1, 0.15) is 35.9 Å². The van der Waals surface area contributed by atoms with Crippen molar-refractivity contribution in [3.63, 3.8) is 0 Å². The molecule has 0 spiro atoms. The van der Waals surface area contributed by atoms with Crippen LogP contribution >= 0.6 is 0 Å². The molecule has 6 unspecified atom stereocenters. The van der Waals surface area contributed by atoms with E-state index in [1.165, 1.54) is 5.57 Å². The standard InChI is InChI=1S/C30H48N2O6Si.C26H43N3O5Si.C21H28N2O5.9CH4/c1-11-27(33)35-19-25-24(16-22-17-32(18-26(25)31(22)8)28(34)38-29(2,3)4)21-12-14-23(15-13-21)36-20-37-39(9,10)30(5,6)7;1-25(2,3)34-24(31)29-14-19-12-20(21(16-30)22(15-29)28(19)7)18-10-11-23(27-13-18)32-17-33-35(8,9)26(4,5)6;1-4-21(26)27-12-19-18(15-5-7-17(8-6-15)28-13-24)9-16-10-23(14(2)25)11-20(19)22(16)3;;;;;;;;;/h12-15,22,26H,11,16-20H2,1-10H3;10-11,13,19,22,30H,12,14-17H2,1-9H3;5-8,16,20,24H,4,9-13H2,1-3H3;9*1H4. The number of hydrogen-bond donors (Lipinski definition) is 2. The van der Waals surface area contributed by atoms with Crippen LogP contribution in [-0.4, -0.2) is 239 Å². The fraction of sp³-hybridized carbons (Fsp3) is 0.674. The van der Waals surface area contributed by atoms with Gasteiger partial charge in [0.25, 0.3) is 0 Å². The number of hydrogen-bond acceptors (Lipinski definition) is 20. The van der Waals surface area contributed by atoms with E-state index in [4.69, 9.17) is 47.1 Å². The lowest BCUT2D eigenvalue weighted by Gasteiger charge is -2.49. The number of carbonyl (C=O) groups excluding carboxylic acids is 5. The third-order valence-electron chi connectivity index (χ3n) is 21.2. The maximum atomic E-state index is 12.9. The second-order valence-corrected chi connectivity index (χ2v) is 42.2. The van der Waals surface area contributed by atoms with Gasteiger partial charge in [0, 0.05) is 89.4 Å². The molecule has 25 heteroatoms. The Morgan fingerprint density at radius 2 is 0.793 bits per heavy atom. The van der Waals surface area contributed by atoms with Gasteiger partial charge < -0.3 is 66.9 Å². The second kappa shape index (κ2) is 45.4. The van der Waals surface area contributed by atoms with Crippen molar-refractivity contribution in [2.45, 2.75) is 287 Å². The molecule has 6 aliphatic rings. The molecular formula is C86H155N7O16Si2. The van der Waals surface area contributed by atoms with Crippen LogP contribution in [0.15, 0.2) is 83.6 Å². The molecule has 6 atom stereocenters. The number of pyridine rings is 1. The highest BCUT2D eigenvalue weighted by Crippen LogP contribution is 2.43. The Hall–Kier alpha value is -6.69. The molecule has 2 aromatic carbocycles. The van der Waals surface area contributed by atoms with Crippen LogP contribution in [0.25, 0.3) is 16.7 Å². The zero-order valence-electron chi connectivity index (χ0n) is 65.1. The molecule has 0 aliphatic carbocycles. The van der Waals surface area contributed by atoms with Gasteiger partial charge in [-0.1, -0.05) is 146 Å². The number of aliphatic hydroxyl groups is 2. The van der Waals surface area contributed by atoms with Gasteiger partial charge in [0.15, 0.2) is 37.0 Å². The number of rotatable bonds is 20. The van der Waals surface area contributed by atoms with E-state index in [9.17, 15) is 29.1 Å². The highest BCUT2D eigenvalue weighted by Gasteiger charge is 2.46. The quantitative estimate of drug-likeness (QED) is 0.0462. The van der Waals surface area contributed by atoms with Gasteiger partial charge in [-0.15, -0.1) is 0 Å². The van der Waals surface area contributed by atoms with Crippen LogP contribution in [0.4, 0.5) is 9.59 Å². The van der Waals surface area contributed by atoms with Gasteiger partial charge in [-0.05, 0) is 199 Å². The van der Waals surface area contributed by atoms with Crippen LogP contribution in [-0.2, 0) is 42.2 Å². The molecular weight excluding hydrogens is 1440 g/mol. The van der Waals surface area contributed by atoms with Crippen LogP contribution in [0.1, 0.15) is 219 Å². The molecule has 0 saturated carbocycles. The van der Waals surface area contributed by atoms with Gasteiger partial charge in [0.05, 0.1) is 24.7 Å². The normalized spacial score (nSPS) is 19.7. The van der Waals surface area contributed by atoms with Crippen molar-refractivity contribution in [2.24, 2.45) is 0 Å². The molecule has 2 N–H and O–H groups in total. The molecule has 9 rings (SSSR count). The maximum absolute atomic E-state index is 12.9. The Morgan fingerprint density at radius 1 is 0.459 bits per heavy atom. The largest absolute Gasteiger partial charge is 0.469 e. The third-order valence-corrected chi connectivity index (χ3v) is 30.1. The Morgan fingerprint density at radius 3 is 1.12 bits per heavy atom. The van der Waals surface area contributed by atoms with Crippen molar-refractivity contribution in [1.82, 2.24) is 34.4 Å². The van der Waals surface area contributed by atoms with Crippen molar-refractivity contribution in [3.8, 4) is 17.4 Å². The Balaban J connectivity index is -0.00000153. The summed E-state index contributed by atoms with van der Waals surface area (Å²) in [5.41, 5.74) is 8.42. The molecule has 3 amide bonds. The lowest BCUT2D eigenvalue weighted by atomic mass is 9.82. The minimum atomic E-state index is -1.89. The van der Waals surface area contributed by atoms with E-state index in [2.05, 4.69) is 121 Å². The highest BCUT2D eigenvalue weighted by molar-refractivity contribution is 6.74. The Labute approximate surface area is 675 Å². The first-order valence-corrected chi connectivity index (χ1v) is 41.8. The number of aliphatic hydroxyl groups excluding tert-OH is 2. The van der Waals surface area contributed by atoms with Crippen LogP contribution in [0.5, 0.6) is 17.4 Å². The lowest BCUT2D eigenvalue weighted by Crippen LogP contribution is -2.61. The van der Waals surface area contributed by atoms with E-state index in [1.807, 2.05) is 95.0 Å². The predicted molar refractivity (Wildman–Crippen MR) is 461 cm³/mol. The number of aromatic nitrogens is 1. The molecule has 6 bridgehead atoms. The zero-order valence-corrected chi connectivity index (χ0v) is 67.1. The summed E-state index contributed by atoms with van der Waals surface area (Å²) in [5, 5.41) is 19.5. The number of likely N-dealkylation sites (N-methyl/N-ethyl adjacent to an activating group) is 3. The second-order valence-electron chi connectivity index (χ2n) is 32.6. The summed E-state index contributed by atoms with van der Waals surface area (Å²) in [6, 6.07) is 19.8. The molecule has 111 heavy (non-hydrogen) atoms. The summed E-state index contributed by atoms with van der Waals surface area (Å²) < 4.78 is 51.5. The van der Waals surface area contributed by atoms with Gasteiger partial charge in [-0.25, -0.2) is 14.6 Å². The van der Waals surface area contributed by atoms with Gasteiger partial charge in [-0.3, -0.25) is 29.1 Å². The van der Waals surface area contributed by atoms with Crippen molar-refractivity contribution in [3.05, 3.63) is 100 Å². The molecule has 23 nitrogen and oxygen atoms in total. The number of carbonyl (C=O) groups is 5. The first-order chi connectivity index (χ1) is 47.6. The molecule has 0 radical (unpaired) electrons. The van der Waals surface area contributed by atoms with Crippen molar-refractivity contribution in [2.75, 3.05) is 101 Å². The smallest absolute Gasteiger partial charge is 0.410 e. The molecule has 3 aromatic rings. The molecule has 3 saturated heterocycles. The number of benzene rings is 2. The third kappa shape index (κ3) is 28.7. The average Bonchev–Trinajstić information content (AvgIpc) is 0.770. The number of ether oxygens (including phenoxy) is 7. The van der Waals surface area contributed by atoms with Crippen LogP contribution in [0.2, 0.25) is 36.3 Å². The minimum absolute atomic E-state index is 0. The van der Waals surface area contributed by atoms with E-state index >= 15 is 0 Å². The Bertz CT molecular complexity index is 3470. The lowest BCUT2D eigenvalue weighted by molar-refractivity contribution is -0.143. The molecule has 1 aromatic heterocycles. The number of piperazine rings is 3. The average molecular weight is 1600 g/mol. The summed E-state index contributed by atoms with van der Waals surface area (Å²) in [5.74, 6) is 1.46. The fourth-order valence-corrected chi connectivity index (χ4v) is 14.5. The summed E-state index contributed by atoms with van der Waals surface area (Å²) in [6.45, 7) is 42.3. The summed E-state index contributed by atoms with van der Waals surface area (Å²) in [7, 11) is 2.44. The number of fused-ring (bicyclic) bond motifs is 6. The highest BCUT2D eigenvalue weighted by atomic mass is 28.4. The van der Waals surface area contributed by atoms with E-state index in [-0.39, 0.29) is 183 Å². The van der Waals surface area contributed by atoms with Crippen LogP contribution < -0.4 is 14.2 Å². The topological polar surface area (TPSA) is 241 Å². The molecule has 638 valence electrons. The van der Waals surface area contributed by atoms with Gasteiger partial charge in [-0.2, -0.15) is 0 Å². The number of amides is 3. The van der Waals surface area contributed by atoms with Crippen molar-refractivity contribution >= 4 is 63.4 Å². The Kier molecular flexibility index (Phi) is 44.4. The first kappa shape index (κ1) is 108. The van der Waals surface area contributed by atoms with Gasteiger partial charge >= 0.3 is 24.1 Å². The number of esters is 2. The number of nitrogens with zero attached hydrogens (tertiary/aromatic N) is 7. The molecule has 7 heterocycles. The monoisotopic (exact) mass is 1600 g/mol. The fourth-order valence-electron chi connectivity index (χ4n) is 12.9.